The van der Waals surface area contributed by atoms with E-state index in [1.54, 1.807) is 0 Å². The largest absolute Gasteiger partial charge is 0.300 e. The molecular formula is C6H10O. The third-order valence-electron chi connectivity index (χ3n) is 0.933. The lowest BCUT2D eigenvalue weighted by Gasteiger charge is -2.05. The van der Waals surface area contributed by atoms with Gasteiger partial charge in [0.2, 0.25) is 0 Å². The predicted molar refractivity (Wildman–Crippen MR) is 28.1 cm³/mol. The van der Waals surface area contributed by atoms with Crippen LogP contribution in [0.25, 0.3) is 0 Å². The molecule has 0 amide bonds. The molecule has 1 saturated carbocycles. The smallest absolute Gasteiger partial charge is 0.132 e. The third kappa shape index (κ3) is 1.30. The van der Waals surface area contributed by atoms with Gasteiger partial charge in [-0.1, -0.05) is 6.42 Å². The van der Waals surface area contributed by atoms with Gasteiger partial charge in [0.15, 0.2) is 0 Å². The first-order valence-corrected chi connectivity index (χ1v) is 2.41. The van der Waals surface area contributed by atoms with Gasteiger partial charge in [-0.15, -0.1) is 0 Å². The fourth-order valence-corrected chi connectivity index (χ4v) is 0.561. The normalized spacial score (nSPS) is 45.4. The molecule has 0 spiro atoms. The van der Waals surface area contributed by atoms with Gasteiger partial charge >= 0.3 is 0 Å². The van der Waals surface area contributed by atoms with Gasteiger partial charge in [-0.3, -0.25) is 4.79 Å². The van der Waals surface area contributed by atoms with Crippen LogP contribution in [0.5, 0.6) is 0 Å². The van der Waals surface area contributed by atoms with Gasteiger partial charge in [-0.05, 0) is 12.8 Å². The van der Waals surface area contributed by atoms with Crippen molar-refractivity contribution in [1.29, 1.82) is 0 Å². The van der Waals surface area contributed by atoms with Gasteiger partial charge < -0.3 is 0 Å². The van der Waals surface area contributed by atoms with E-state index in [1.807, 2.05) is 0 Å². The molecule has 0 bridgehead atoms. The van der Waals surface area contributed by atoms with Crippen LogP contribution in [0.3, 0.4) is 0 Å². The molecule has 0 aromatic carbocycles. The molecule has 0 N–H and O–H groups in total. The van der Waals surface area contributed by atoms with Crippen molar-refractivity contribution < 1.29 is 10.3 Å². The van der Waals surface area contributed by atoms with Gasteiger partial charge in [-0.2, -0.15) is 0 Å². The molecule has 1 heteroatoms. The molecule has 0 radical (unpaired) electrons. The lowest BCUT2D eigenvalue weighted by atomic mass is 10.00. The second-order valence-electron chi connectivity index (χ2n) is 1.58. The van der Waals surface area contributed by atoms with Crippen LogP contribution in [0, 0.1) is 0 Å². The average Bonchev–Trinajstić information content (AvgIpc) is 1.84. The number of hydrogen-bond donors (Lipinski definition) is 0. The molecule has 7 heavy (non-hydrogen) atoms. The minimum atomic E-state index is -2.27. The Bertz CT molecular complexity index is 187. The Labute approximate surface area is 49.3 Å². The number of hydrogen-bond acceptors (Lipinski definition) is 1. The minimum absolute atomic E-state index is 0.145. The van der Waals surface area contributed by atoms with Crippen LogP contribution in [0.4, 0.5) is 0 Å². The Morgan fingerprint density at radius 3 is 3.00 bits per heavy atom. The molecular weight excluding hydrogens is 88.1 g/mol. The summed E-state index contributed by atoms with van der Waals surface area (Å²) in [5.74, 6) is -0.603. The molecule has 1 aliphatic carbocycles. The Hall–Kier alpha value is -0.330. The van der Waals surface area contributed by atoms with E-state index in [0.717, 1.165) is 0 Å². The zero-order valence-corrected chi connectivity index (χ0v) is 4.03. The number of ketones is 1. The van der Waals surface area contributed by atoms with Crippen LogP contribution in [-0.2, 0) is 4.79 Å². The summed E-state index contributed by atoms with van der Waals surface area (Å²) in [4.78, 5) is 10.9. The van der Waals surface area contributed by atoms with Crippen molar-refractivity contribution in [2.75, 3.05) is 0 Å². The van der Waals surface area contributed by atoms with E-state index in [-0.39, 0.29) is 12.8 Å². The summed E-state index contributed by atoms with van der Waals surface area (Å²) in [6, 6.07) is 0. The summed E-state index contributed by atoms with van der Waals surface area (Å²) in [5, 5.41) is 0. The molecule has 1 rings (SSSR count). The van der Waals surface area contributed by atoms with Crippen LogP contribution < -0.4 is 0 Å². The van der Waals surface area contributed by atoms with Crippen molar-refractivity contribution in [3.05, 3.63) is 0 Å². The molecule has 0 aromatic rings. The van der Waals surface area contributed by atoms with Gasteiger partial charge in [0.05, 0.1) is 0 Å². The first-order chi connectivity index (χ1) is 4.88. The zero-order valence-electron chi connectivity index (χ0n) is 8.03. The maximum Gasteiger partial charge on any atom is 0.132 e. The summed E-state index contributed by atoms with van der Waals surface area (Å²) >= 11 is 0. The van der Waals surface area contributed by atoms with Gasteiger partial charge in [0.25, 0.3) is 0 Å². The van der Waals surface area contributed by atoms with E-state index in [1.165, 1.54) is 0 Å². The molecule has 0 saturated heterocycles. The van der Waals surface area contributed by atoms with E-state index < -0.39 is 18.5 Å². The monoisotopic (exact) mass is 102 g/mol. The summed E-state index contributed by atoms with van der Waals surface area (Å²) in [6.07, 6.45) is -3.46. The molecule has 40 valence electrons. The summed E-state index contributed by atoms with van der Waals surface area (Å²) in [5.41, 5.74) is 0. The predicted octanol–water partition coefficient (Wildman–Crippen LogP) is 1.52. The second kappa shape index (κ2) is 2.10. The maximum atomic E-state index is 10.9. The Morgan fingerprint density at radius 2 is 2.43 bits per heavy atom. The molecule has 0 aliphatic heterocycles. The highest BCUT2D eigenvalue weighted by atomic mass is 16.1. The van der Waals surface area contributed by atoms with E-state index in [9.17, 15) is 4.79 Å². The highest BCUT2D eigenvalue weighted by molar-refractivity contribution is 5.78. The Morgan fingerprint density at radius 1 is 1.57 bits per heavy atom. The van der Waals surface area contributed by atoms with Gasteiger partial charge in [0.1, 0.15) is 5.78 Å². The topological polar surface area (TPSA) is 17.1 Å². The molecule has 0 unspecified atom stereocenters. The van der Waals surface area contributed by atoms with E-state index in [4.69, 9.17) is 5.48 Å². The van der Waals surface area contributed by atoms with Crippen LogP contribution in [-0.4, -0.2) is 5.78 Å². The fourth-order valence-electron chi connectivity index (χ4n) is 0.561. The van der Waals surface area contributed by atoms with Crippen LogP contribution >= 0.6 is 0 Å². The first-order valence-electron chi connectivity index (χ1n) is 4.41. The zero-order chi connectivity index (χ0) is 8.70. The number of carbonyl (C=O) groups is 1. The van der Waals surface area contributed by atoms with Crippen molar-refractivity contribution in [3.8, 4) is 0 Å². The minimum Gasteiger partial charge on any atom is -0.300 e. The van der Waals surface area contributed by atoms with E-state index in [2.05, 4.69) is 0 Å². The molecule has 0 aromatic heterocycles. The maximum absolute atomic E-state index is 10.9. The number of rotatable bonds is 0. The van der Waals surface area contributed by atoms with Crippen molar-refractivity contribution >= 4 is 5.78 Å². The quantitative estimate of drug-likeness (QED) is 0.453. The SMILES string of the molecule is [2H]C1([2H])CCCC(=O)C1([2H])[2H]. The van der Waals surface area contributed by atoms with Crippen molar-refractivity contribution in [2.45, 2.75) is 32.0 Å². The van der Waals surface area contributed by atoms with Crippen molar-refractivity contribution in [3.63, 3.8) is 0 Å². The Kier molecular flexibility index (Phi) is 0.566. The van der Waals surface area contributed by atoms with Gasteiger partial charge in [0, 0.05) is 18.3 Å². The van der Waals surface area contributed by atoms with Crippen LogP contribution in [0.2, 0.25) is 0 Å². The summed E-state index contributed by atoms with van der Waals surface area (Å²) in [6.45, 7) is 0. The molecule has 0 heterocycles. The lowest BCUT2D eigenvalue weighted by Crippen LogP contribution is -2.02. The summed E-state index contributed by atoms with van der Waals surface area (Å²) < 4.78 is 28.8. The van der Waals surface area contributed by atoms with E-state index in [0.29, 0.717) is 6.42 Å². The molecule has 1 aliphatic rings. The van der Waals surface area contributed by atoms with Crippen LogP contribution in [0.1, 0.15) is 37.5 Å². The Balaban J connectivity index is 2.91. The van der Waals surface area contributed by atoms with E-state index >= 15 is 0 Å². The number of carbonyl (C=O) groups excluding carboxylic acids is 1. The lowest BCUT2D eigenvalue weighted by molar-refractivity contribution is -0.120. The highest BCUT2D eigenvalue weighted by Crippen LogP contribution is 2.12. The second-order valence-corrected chi connectivity index (χ2v) is 1.58. The fraction of sp³-hybridized carbons (Fsp3) is 0.833. The van der Waals surface area contributed by atoms with Gasteiger partial charge in [-0.25, -0.2) is 0 Å². The number of Topliss-reactive ketones (excluding diaryl/α,β-unsaturated/α-hetero) is 1. The summed E-state index contributed by atoms with van der Waals surface area (Å²) in [7, 11) is 0. The molecule has 1 nitrogen and oxygen atoms in total. The highest BCUT2D eigenvalue weighted by Gasteiger charge is 2.05. The van der Waals surface area contributed by atoms with Crippen molar-refractivity contribution in [2.24, 2.45) is 0 Å². The van der Waals surface area contributed by atoms with Crippen molar-refractivity contribution in [1.82, 2.24) is 0 Å². The molecule has 1 fully saturated rings. The first kappa shape index (κ1) is 1.88. The average molecular weight is 102 g/mol. The standard InChI is InChI=1S/C6H10O/c7-6-4-2-1-3-5-6/h1-5H2/i2D2,4D2. The third-order valence-corrected chi connectivity index (χ3v) is 0.933. The van der Waals surface area contributed by atoms with Crippen LogP contribution in [0.15, 0.2) is 0 Å². The molecule has 0 atom stereocenters.